The van der Waals surface area contributed by atoms with Gasteiger partial charge in [0.2, 0.25) is 0 Å². The van der Waals surface area contributed by atoms with Crippen molar-refractivity contribution in [3.05, 3.63) is 17.0 Å². The van der Waals surface area contributed by atoms with Crippen molar-refractivity contribution >= 4 is 0 Å². The second-order valence-corrected chi connectivity index (χ2v) is 4.50. The minimum absolute atomic E-state index is 0.876. The molecule has 0 saturated heterocycles. The van der Waals surface area contributed by atoms with Crippen LogP contribution in [0.1, 0.15) is 36.2 Å². The van der Waals surface area contributed by atoms with Gasteiger partial charge in [-0.3, -0.25) is 4.68 Å². The second kappa shape index (κ2) is 7.45. The molecule has 1 aromatic heterocycles. The van der Waals surface area contributed by atoms with Crippen molar-refractivity contribution in [2.45, 2.75) is 39.7 Å². The van der Waals surface area contributed by atoms with E-state index in [9.17, 15) is 0 Å². The topological polar surface area (TPSA) is 39.1 Å². The summed E-state index contributed by atoms with van der Waals surface area (Å²) in [6.07, 6.45) is 3.59. The Bertz CT molecular complexity index is 334. The van der Waals surface area contributed by atoms with E-state index in [4.69, 9.17) is 4.74 Å². The van der Waals surface area contributed by atoms with E-state index in [0.29, 0.717) is 0 Å². The lowest BCUT2D eigenvalue weighted by Crippen LogP contribution is -2.15. The zero-order chi connectivity index (χ0) is 12.7. The Balaban J connectivity index is 2.18. The highest BCUT2D eigenvalue weighted by Gasteiger charge is 2.07. The molecule has 1 N–H and O–H groups in total. The van der Waals surface area contributed by atoms with E-state index in [1.807, 2.05) is 11.7 Å². The van der Waals surface area contributed by atoms with E-state index in [-0.39, 0.29) is 0 Å². The van der Waals surface area contributed by atoms with E-state index >= 15 is 0 Å². The number of aromatic nitrogens is 2. The summed E-state index contributed by atoms with van der Waals surface area (Å²) in [7, 11) is 3.75. The van der Waals surface area contributed by atoms with Gasteiger partial charge in [-0.05, 0) is 39.7 Å². The molecule has 0 saturated carbocycles. The van der Waals surface area contributed by atoms with Gasteiger partial charge in [0.1, 0.15) is 0 Å². The highest BCUT2D eigenvalue weighted by Crippen LogP contribution is 2.11. The molecule has 0 atom stereocenters. The highest BCUT2D eigenvalue weighted by molar-refractivity contribution is 5.23. The molecule has 4 nitrogen and oxygen atoms in total. The van der Waals surface area contributed by atoms with Crippen molar-refractivity contribution in [3.63, 3.8) is 0 Å². The van der Waals surface area contributed by atoms with Crippen LogP contribution in [-0.4, -0.2) is 30.0 Å². The smallest absolute Gasteiger partial charge is 0.0641 e. The van der Waals surface area contributed by atoms with Gasteiger partial charge in [0.25, 0.3) is 0 Å². The number of unbranched alkanes of at least 4 members (excludes halogenated alkanes) is 2. The summed E-state index contributed by atoms with van der Waals surface area (Å²) in [5.41, 5.74) is 3.73. The lowest BCUT2D eigenvalue weighted by Gasteiger charge is -2.05. The van der Waals surface area contributed by atoms with Crippen LogP contribution in [-0.2, 0) is 18.3 Å². The Kier molecular flexibility index (Phi) is 6.22. The van der Waals surface area contributed by atoms with Crippen LogP contribution in [0, 0.1) is 13.8 Å². The lowest BCUT2D eigenvalue weighted by molar-refractivity contribution is 0.192. The minimum atomic E-state index is 0.876. The maximum Gasteiger partial charge on any atom is 0.0641 e. The normalized spacial score (nSPS) is 11.1. The molecular weight excluding hydrogens is 214 g/mol. The molecule has 0 aliphatic carbocycles. The monoisotopic (exact) mass is 239 g/mol. The molecule has 98 valence electrons. The van der Waals surface area contributed by atoms with Crippen LogP contribution in [0.2, 0.25) is 0 Å². The molecule has 1 aromatic rings. The first-order chi connectivity index (χ1) is 8.16. The fourth-order valence-corrected chi connectivity index (χ4v) is 1.96. The maximum atomic E-state index is 5.02. The Hall–Kier alpha value is -0.870. The van der Waals surface area contributed by atoms with Gasteiger partial charge in [0.05, 0.1) is 5.69 Å². The van der Waals surface area contributed by atoms with Gasteiger partial charge in [-0.25, -0.2) is 0 Å². The Morgan fingerprint density at radius 1 is 1.24 bits per heavy atom. The number of methoxy groups -OCH3 is 1. The average molecular weight is 239 g/mol. The summed E-state index contributed by atoms with van der Waals surface area (Å²) < 4.78 is 6.97. The van der Waals surface area contributed by atoms with E-state index in [2.05, 4.69) is 24.3 Å². The van der Waals surface area contributed by atoms with Crippen molar-refractivity contribution in [2.75, 3.05) is 20.3 Å². The van der Waals surface area contributed by atoms with Crippen LogP contribution < -0.4 is 5.32 Å². The van der Waals surface area contributed by atoms with E-state index in [0.717, 1.165) is 31.8 Å². The van der Waals surface area contributed by atoms with Gasteiger partial charge < -0.3 is 10.1 Å². The Morgan fingerprint density at radius 2 is 2.00 bits per heavy atom. The van der Waals surface area contributed by atoms with Gasteiger partial charge in [-0.15, -0.1) is 0 Å². The predicted octanol–water partition coefficient (Wildman–Crippen LogP) is 1.94. The van der Waals surface area contributed by atoms with Crippen LogP contribution >= 0.6 is 0 Å². The minimum Gasteiger partial charge on any atom is -0.385 e. The van der Waals surface area contributed by atoms with Gasteiger partial charge in [-0.1, -0.05) is 0 Å². The first kappa shape index (κ1) is 14.2. The summed E-state index contributed by atoms with van der Waals surface area (Å²) in [5.74, 6) is 0. The first-order valence-electron chi connectivity index (χ1n) is 6.35. The van der Waals surface area contributed by atoms with Crippen LogP contribution in [0.3, 0.4) is 0 Å². The molecular formula is C13H25N3O. The van der Waals surface area contributed by atoms with Crippen LogP contribution in [0.15, 0.2) is 0 Å². The molecule has 0 radical (unpaired) electrons. The fourth-order valence-electron chi connectivity index (χ4n) is 1.96. The van der Waals surface area contributed by atoms with Crippen molar-refractivity contribution in [1.82, 2.24) is 15.1 Å². The maximum absolute atomic E-state index is 5.02. The Morgan fingerprint density at radius 3 is 2.59 bits per heavy atom. The van der Waals surface area contributed by atoms with Gasteiger partial charge >= 0.3 is 0 Å². The molecule has 1 rings (SSSR count). The fraction of sp³-hybridized carbons (Fsp3) is 0.769. The summed E-state index contributed by atoms with van der Waals surface area (Å²) in [6.45, 7) is 7.06. The third-order valence-corrected chi connectivity index (χ3v) is 3.16. The van der Waals surface area contributed by atoms with Gasteiger partial charge in [0.15, 0.2) is 0 Å². The molecule has 1 heterocycles. The second-order valence-electron chi connectivity index (χ2n) is 4.50. The number of hydrogen-bond acceptors (Lipinski definition) is 3. The van der Waals surface area contributed by atoms with Crippen molar-refractivity contribution < 1.29 is 4.74 Å². The third kappa shape index (κ3) is 4.48. The van der Waals surface area contributed by atoms with Gasteiger partial charge in [0, 0.05) is 38.6 Å². The molecule has 0 unspecified atom stereocenters. The summed E-state index contributed by atoms with van der Waals surface area (Å²) in [5, 5.41) is 7.89. The molecule has 0 aliphatic rings. The number of nitrogens with one attached hydrogen (secondary N) is 1. The molecule has 17 heavy (non-hydrogen) atoms. The van der Waals surface area contributed by atoms with E-state index < -0.39 is 0 Å². The highest BCUT2D eigenvalue weighted by atomic mass is 16.5. The summed E-state index contributed by atoms with van der Waals surface area (Å²) in [4.78, 5) is 0. The molecule has 0 amide bonds. The number of hydrogen-bond donors (Lipinski definition) is 1. The zero-order valence-corrected chi connectivity index (χ0v) is 11.5. The average Bonchev–Trinajstić information content (AvgIpc) is 2.54. The SMILES string of the molecule is COCCCCCNCc1c(C)nn(C)c1C. The number of ether oxygens (including phenoxy) is 1. The Labute approximate surface area is 104 Å². The summed E-state index contributed by atoms with van der Waals surface area (Å²) >= 11 is 0. The van der Waals surface area contributed by atoms with Crippen LogP contribution in [0.5, 0.6) is 0 Å². The molecule has 0 bridgehead atoms. The number of aryl methyl sites for hydroxylation is 2. The number of rotatable bonds is 8. The number of nitrogens with zero attached hydrogens (tertiary/aromatic N) is 2. The molecule has 0 spiro atoms. The van der Waals surface area contributed by atoms with Crippen molar-refractivity contribution in [2.24, 2.45) is 7.05 Å². The van der Waals surface area contributed by atoms with Gasteiger partial charge in [-0.2, -0.15) is 5.10 Å². The summed E-state index contributed by atoms with van der Waals surface area (Å²) in [6, 6.07) is 0. The van der Waals surface area contributed by atoms with Crippen molar-refractivity contribution in [3.8, 4) is 0 Å². The van der Waals surface area contributed by atoms with Crippen molar-refractivity contribution in [1.29, 1.82) is 0 Å². The largest absolute Gasteiger partial charge is 0.385 e. The molecule has 0 aliphatic heterocycles. The standard InChI is InChI=1S/C13H25N3O/c1-11-13(12(2)16(3)15-11)10-14-8-6-5-7-9-17-4/h14H,5-10H2,1-4H3. The predicted molar refractivity (Wildman–Crippen MR) is 70.1 cm³/mol. The van der Waals surface area contributed by atoms with E-state index in [1.165, 1.54) is 24.1 Å². The van der Waals surface area contributed by atoms with Crippen LogP contribution in [0.25, 0.3) is 0 Å². The third-order valence-electron chi connectivity index (χ3n) is 3.16. The zero-order valence-electron chi connectivity index (χ0n) is 11.5. The quantitative estimate of drug-likeness (QED) is 0.705. The molecule has 0 fully saturated rings. The van der Waals surface area contributed by atoms with Crippen LogP contribution in [0.4, 0.5) is 0 Å². The molecule has 4 heteroatoms. The molecule has 0 aromatic carbocycles. The first-order valence-corrected chi connectivity index (χ1v) is 6.35. The van der Waals surface area contributed by atoms with E-state index in [1.54, 1.807) is 7.11 Å². The lowest BCUT2D eigenvalue weighted by atomic mass is 10.2.